The van der Waals surface area contributed by atoms with Crippen LogP contribution in [0.25, 0.3) is 137 Å². The molecule has 0 saturated carbocycles. The quantitative estimate of drug-likeness (QED) is 0.160. The fraction of sp³-hybridized carbons (Fsp3) is 0. The van der Waals surface area contributed by atoms with Crippen molar-refractivity contribution in [3.63, 3.8) is 0 Å². The fourth-order valence-corrected chi connectivity index (χ4v) is 11.4. The van der Waals surface area contributed by atoms with Gasteiger partial charge in [0.05, 0.1) is 11.0 Å². The van der Waals surface area contributed by atoms with Crippen molar-refractivity contribution in [1.29, 1.82) is 0 Å². The van der Waals surface area contributed by atoms with Crippen molar-refractivity contribution in [2.45, 2.75) is 0 Å². The number of thiophene rings is 1. The summed E-state index contributed by atoms with van der Waals surface area (Å²) in [5.41, 5.74) is 14.6. The normalized spacial score (nSPS) is 11.8. The molecule has 14 rings (SSSR count). The second-order valence-corrected chi connectivity index (χ2v) is 18.6. The molecule has 0 spiro atoms. The molecule has 0 atom stereocenters. The summed E-state index contributed by atoms with van der Waals surface area (Å²) < 4.78 is 11.4. The van der Waals surface area contributed by atoms with Crippen LogP contribution in [-0.4, -0.2) is 19.5 Å². The first kappa shape index (κ1) is 39.2. The first-order valence-corrected chi connectivity index (χ1v) is 24.0. The summed E-state index contributed by atoms with van der Waals surface area (Å²) in [6, 6.07) is 81.8. The number of rotatable bonds is 7. The van der Waals surface area contributed by atoms with E-state index in [0.29, 0.717) is 17.5 Å². The summed E-state index contributed by atoms with van der Waals surface area (Å²) in [4.78, 5) is 15.5. The van der Waals surface area contributed by atoms with Gasteiger partial charge in [-0.3, -0.25) is 0 Å². The average molecular weight is 899 g/mol. The molecule has 0 fully saturated rings. The third-order valence-electron chi connectivity index (χ3n) is 13.5. The van der Waals surface area contributed by atoms with Crippen LogP contribution < -0.4 is 0 Å². The molecular weight excluding hydrogens is 861 g/mol. The van der Waals surface area contributed by atoms with Gasteiger partial charge >= 0.3 is 0 Å². The van der Waals surface area contributed by atoms with E-state index in [4.69, 9.17) is 19.4 Å². The lowest BCUT2D eigenvalue weighted by atomic mass is 9.96. The maximum absolute atomic E-state index is 6.33. The molecule has 69 heavy (non-hydrogen) atoms. The molecule has 0 N–H and O–H groups in total. The Kier molecular flexibility index (Phi) is 9.00. The Labute approximate surface area is 400 Å². The van der Waals surface area contributed by atoms with Gasteiger partial charge in [-0.15, -0.1) is 11.3 Å². The van der Waals surface area contributed by atoms with Crippen molar-refractivity contribution >= 4 is 75.3 Å². The second kappa shape index (κ2) is 15.8. The van der Waals surface area contributed by atoms with Crippen molar-refractivity contribution in [1.82, 2.24) is 19.5 Å². The summed E-state index contributed by atoms with van der Waals surface area (Å²) in [5, 5.41) is 7.09. The molecule has 0 unspecified atom stereocenters. The van der Waals surface area contributed by atoms with Crippen LogP contribution in [0.5, 0.6) is 0 Å². The van der Waals surface area contributed by atoms with Gasteiger partial charge in [-0.1, -0.05) is 176 Å². The number of fused-ring (bicyclic) bond motifs is 9. The highest BCUT2D eigenvalue weighted by Crippen LogP contribution is 2.44. The highest BCUT2D eigenvalue weighted by Gasteiger charge is 2.21. The van der Waals surface area contributed by atoms with Gasteiger partial charge in [0.15, 0.2) is 17.5 Å². The number of furan rings is 1. The van der Waals surface area contributed by atoms with Crippen molar-refractivity contribution in [3.05, 3.63) is 231 Å². The minimum absolute atomic E-state index is 0.574. The standard InChI is InChI=1S/C63H38N4OS/c1-3-15-39(16-4-1)41-32-34-55-54(37-41)52-27-13-25-47(42-19-11-20-43(35-42)48-26-14-28-53-51-24-8-10-30-58(51)69-60(48)53)59(52)67(55)46-22-12-21-44(36-46)62-64-61(40-17-5-2-6-18-40)65-63(66-62)45-31-33-50-49-23-7-9-29-56(49)68-57(50)38-45/h1-38H. The van der Waals surface area contributed by atoms with Crippen molar-refractivity contribution in [2.75, 3.05) is 0 Å². The second-order valence-electron chi connectivity index (χ2n) is 17.5. The topological polar surface area (TPSA) is 56.7 Å². The van der Waals surface area contributed by atoms with E-state index in [9.17, 15) is 0 Å². The Bertz CT molecular complexity index is 4320. The van der Waals surface area contributed by atoms with Crippen LogP contribution in [-0.2, 0) is 0 Å². The number of nitrogens with zero attached hydrogens (tertiary/aromatic N) is 4. The molecule has 0 bridgehead atoms. The molecule has 10 aromatic carbocycles. The van der Waals surface area contributed by atoms with E-state index in [1.165, 1.54) is 53.2 Å². The van der Waals surface area contributed by atoms with E-state index in [-0.39, 0.29) is 0 Å². The predicted molar refractivity (Wildman–Crippen MR) is 287 cm³/mol. The predicted octanol–water partition coefficient (Wildman–Crippen LogP) is 17.2. The lowest BCUT2D eigenvalue weighted by Gasteiger charge is -2.14. The van der Waals surface area contributed by atoms with Gasteiger partial charge in [0.2, 0.25) is 0 Å². The van der Waals surface area contributed by atoms with Crippen LogP contribution in [0.1, 0.15) is 0 Å². The third-order valence-corrected chi connectivity index (χ3v) is 14.7. The lowest BCUT2D eigenvalue weighted by molar-refractivity contribution is 0.669. The van der Waals surface area contributed by atoms with Crippen LogP contribution >= 0.6 is 11.3 Å². The molecule has 6 heteroatoms. The highest BCUT2D eigenvalue weighted by atomic mass is 32.1. The summed E-state index contributed by atoms with van der Waals surface area (Å²) in [6.07, 6.45) is 0. The molecule has 4 heterocycles. The number of hydrogen-bond donors (Lipinski definition) is 0. The van der Waals surface area contributed by atoms with E-state index in [1.54, 1.807) is 0 Å². The molecule has 0 amide bonds. The zero-order valence-electron chi connectivity index (χ0n) is 37.0. The van der Waals surface area contributed by atoms with Crippen LogP contribution in [0.15, 0.2) is 235 Å². The van der Waals surface area contributed by atoms with Gasteiger partial charge in [-0.25, -0.2) is 15.0 Å². The molecule has 0 aliphatic rings. The molecular formula is C63H38N4OS. The van der Waals surface area contributed by atoms with Gasteiger partial charge < -0.3 is 8.98 Å². The molecule has 4 aromatic heterocycles. The lowest BCUT2D eigenvalue weighted by Crippen LogP contribution is -2.01. The Morgan fingerprint density at radius 1 is 0.333 bits per heavy atom. The minimum atomic E-state index is 0.574. The molecule has 14 aromatic rings. The number of hydrogen-bond acceptors (Lipinski definition) is 5. The Hall–Kier alpha value is -8.97. The zero-order valence-corrected chi connectivity index (χ0v) is 37.9. The maximum Gasteiger partial charge on any atom is 0.164 e. The third kappa shape index (κ3) is 6.56. The Morgan fingerprint density at radius 2 is 0.913 bits per heavy atom. The van der Waals surface area contributed by atoms with Crippen molar-refractivity contribution < 1.29 is 4.42 Å². The van der Waals surface area contributed by atoms with E-state index >= 15 is 0 Å². The average Bonchev–Trinajstić information content (AvgIpc) is 4.11. The van der Waals surface area contributed by atoms with Gasteiger partial charge in [-0.2, -0.15) is 0 Å². The Morgan fingerprint density at radius 3 is 1.74 bits per heavy atom. The summed E-state index contributed by atoms with van der Waals surface area (Å²) in [5.74, 6) is 1.76. The number of aromatic nitrogens is 4. The van der Waals surface area contributed by atoms with Crippen LogP contribution in [0, 0.1) is 0 Å². The number of benzene rings is 10. The molecule has 0 aliphatic carbocycles. The van der Waals surface area contributed by atoms with Crippen molar-refractivity contribution in [3.8, 4) is 73.2 Å². The largest absolute Gasteiger partial charge is 0.456 e. The molecule has 0 saturated heterocycles. The zero-order chi connectivity index (χ0) is 45.4. The van der Waals surface area contributed by atoms with E-state index in [1.807, 2.05) is 65.9 Å². The van der Waals surface area contributed by atoms with Gasteiger partial charge in [-0.05, 0) is 82.4 Å². The SMILES string of the molecule is c1ccc(-c2ccc3c(c2)c2cccc(-c4cccc(-c5cccc6c5sc5ccccc56)c4)c2n3-c2cccc(-c3nc(-c4ccccc4)nc(-c4ccc5c(c4)oc4ccccc45)n3)c2)cc1. The smallest absolute Gasteiger partial charge is 0.164 e. The first-order chi connectivity index (χ1) is 34.2. The first-order valence-electron chi connectivity index (χ1n) is 23.2. The minimum Gasteiger partial charge on any atom is -0.456 e. The van der Waals surface area contributed by atoms with Gasteiger partial charge in [0.25, 0.3) is 0 Å². The molecule has 5 nitrogen and oxygen atoms in total. The molecule has 0 aliphatic heterocycles. The number of para-hydroxylation sites is 2. The summed E-state index contributed by atoms with van der Waals surface area (Å²) in [6.45, 7) is 0. The monoisotopic (exact) mass is 898 g/mol. The molecule has 0 radical (unpaired) electrons. The Balaban J connectivity index is 0.962. The summed E-state index contributed by atoms with van der Waals surface area (Å²) >= 11 is 1.87. The van der Waals surface area contributed by atoms with Crippen LogP contribution in [0.4, 0.5) is 0 Å². The van der Waals surface area contributed by atoms with E-state index in [2.05, 4.69) is 180 Å². The van der Waals surface area contributed by atoms with Crippen LogP contribution in [0.3, 0.4) is 0 Å². The van der Waals surface area contributed by atoms with Crippen molar-refractivity contribution in [2.24, 2.45) is 0 Å². The summed E-state index contributed by atoms with van der Waals surface area (Å²) in [7, 11) is 0. The van der Waals surface area contributed by atoms with Gasteiger partial charge in [0.1, 0.15) is 11.2 Å². The van der Waals surface area contributed by atoms with E-state index < -0.39 is 0 Å². The molecule has 322 valence electrons. The van der Waals surface area contributed by atoms with Gasteiger partial charge in [0, 0.05) is 69.7 Å². The van der Waals surface area contributed by atoms with Crippen LogP contribution in [0.2, 0.25) is 0 Å². The van der Waals surface area contributed by atoms with E-state index in [0.717, 1.165) is 66.5 Å². The highest BCUT2D eigenvalue weighted by molar-refractivity contribution is 7.26. The fourth-order valence-electron chi connectivity index (χ4n) is 10.2. The maximum atomic E-state index is 6.33.